The molecule has 0 unspecified atom stereocenters. The Morgan fingerprint density at radius 1 is 1.04 bits per heavy atom. The van der Waals surface area contributed by atoms with Crippen LogP contribution in [0.25, 0.3) is 0 Å². The van der Waals surface area contributed by atoms with Crippen LogP contribution in [-0.2, 0) is 13.1 Å². The van der Waals surface area contributed by atoms with Crippen LogP contribution in [0, 0.1) is 6.92 Å². The summed E-state index contributed by atoms with van der Waals surface area (Å²) >= 11 is 0. The van der Waals surface area contributed by atoms with E-state index in [0.29, 0.717) is 18.7 Å². The van der Waals surface area contributed by atoms with Crippen molar-refractivity contribution in [2.75, 3.05) is 13.2 Å². The van der Waals surface area contributed by atoms with Gasteiger partial charge in [-0.25, -0.2) is 0 Å². The van der Waals surface area contributed by atoms with Gasteiger partial charge in [-0.1, -0.05) is 60.7 Å². The Morgan fingerprint density at radius 2 is 1.65 bits per heavy atom. The van der Waals surface area contributed by atoms with E-state index in [2.05, 4.69) is 5.10 Å². The lowest BCUT2D eigenvalue weighted by Crippen LogP contribution is -2.33. The van der Waals surface area contributed by atoms with Crippen LogP contribution in [0.4, 0.5) is 0 Å². The summed E-state index contributed by atoms with van der Waals surface area (Å²) < 4.78 is 1.84. The molecule has 0 aliphatic heterocycles. The number of aliphatic hydroxyl groups excluding tert-OH is 1. The van der Waals surface area contributed by atoms with Gasteiger partial charge < -0.3 is 10.0 Å². The van der Waals surface area contributed by atoms with Gasteiger partial charge in [0.15, 0.2) is 0 Å². The van der Waals surface area contributed by atoms with Crippen LogP contribution in [0.3, 0.4) is 0 Å². The van der Waals surface area contributed by atoms with E-state index in [1.165, 1.54) is 0 Å². The number of nitrogens with zero attached hydrogens (tertiary/aromatic N) is 3. The number of hydrogen-bond acceptors (Lipinski definition) is 3. The molecule has 3 rings (SSSR count). The molecule has 1 amide bonds. The number of rotatable bonds is 7. The van der Waals surface area contributed by atoms with Crippen molar-refractivity contribution in [3.05, 3.63) is 89.2 Å². The highest BCUT2D eigenvalue weighted by Crippen LogP contribution is 2.15. The van der Waals surface area contributed by atoms with Crippen molar-refractivity contribution in [1.29, 1.82) is 0 Å². The average Bonchev–Trinajstić information content (AvgIpc) is 3.03. The van der Waals surface area contributed by atoms with Crippen LogP contribution >= 0.6 is 0 Å². The maximum atomic E-state index is 13.0. The van der Waals surface area contributed by atoms with E-state index in [-0.39, 0.29) is 19.1 Å². The third-order valence-corrected chi connectivity index (χ3v) is 4.38. The third-order valence-electron chi connectivity index (χ3n) is 4.38. The molecule has 5 heteroatoms. The highest BCUT2D eigenvalue weighted by Gasteiger charge is 2.20. The Bertz CT molecular complexity index is 844. The van der Waals surface area contributed by atoms with E-state index in [1.54, 1.807) is 11.1 Å². The van der Waals surface area contributed by atoms with Crippen LogP contribution in [0.1, 0.15) is 27.2 Å². The van der Waals surface area contributed by atoms with E-state index >= 15 is 0 Å². The second-order valence-corrected chi connectivity index (χ2v) is 6.22. The molecule has 0 fully saturated rings. The van der Waals surface area contributed by atoms with Gasteiger partial charge in [-0.05, 0) is 18.1 Å². The molecular weight excluding hydrogens is 326 g/mol. The topological polar surface area (TPSA) is 58.4 Å². The summed E-state index contributed by atoms with van der Waals surface area (Å²) in [6.07, 6.45) is 1.62. The Morgan fingerprint density at radius 3 is 2.27 bits per heavy atom. The molecule has 2 aromatic carbocycles. The number of hydrogen-bond donors (Lipinski definition) is 1. The lowest BCUT2D eigenvalue weighted by Gasteiger charge is -2.21. The zero-order chi connectivity index (χ0) is 18.4. The minimum atomic E-state index is -0.111. The van der Waals surface area contributed by atoms with E-state index in [0.717, 1.165) is 16.8 Å². The first kappa shape index (κ1) is 17.9. The molecule has 0 radical (unpaired) electrons. The van der Waals surface area contributed by atoms with Gasteiger partial charge in [0.25, 0.3) is 5.91 Å². The van der Waals surface area contributed by atoms with Crippen LogP contribution in [0.2, 0.25) is 0 Å². The number of aliphatic hydroxyl groups is 1. The Balaban J connectivity index is 1.79. The van der Waals surface area contributed by atoms with Gasteiger partial charge in [-0.15, -0.1) is 0 Å². The maximum Gasteiger partial charge on any atom is 0.257 e. The number of benzene rings is 2. The monoisotopic (exact) mass is 349 g/mol. The minimum Gasteiger partial charge on any atom is -0.395 e. The van der Waals surface area contributed by atoms with Crippen molar-refractivity contribution in [1.82, 2.24) is 14.7 Å². The molecule has 1 heterocycles. The zero-order valence-electron chi connectivity index (χ0n) is 14.9. The predicted molar refractivity (Wildman–Crippen MR) is 101 cm³/mol. The second kappa shape index (κ2) is 8.45. The number of aromatic nitrogens is 2. The van der Waals surface area contributed by atoms with Gasteiger partial charge in [0, 0.05) is 18.8 Å². The molecule has 0 aliphatic carbocycles. The first-order valence-corrected chi connectivity index (χ1v) is 8.69. The van der Waals surface area contributed by atoms with Gasteiger partial charge in [-0.3, -0.25) is 9.48 Å². The molecular formula is C21H23N3O2. The van der Waals surface area contributed by atoms with Crippen LogP contribution in [-0.4, -0.2) is 38.8 Å². The standard InChI is InChI=1S/C21H23N3O2/c1-17-20(14-22-24(17)16-19-10-6-3-7-11-19)21(26)23(12-13-25)15-18-8-4-2-5-9-18/h2-11,14,25H,12-13,15-16H2,1H3. The van der Waals surface area contributed by atoms with E-state index in [9.17, 15) is 9.90 Å². The lowest BCUT2D eigenvalue weighted by atomic mass is 10.1. The van der Waals surface area contributed by atoms with Crippen LogP contribution < -0.4 is 0 Å². The molecule has 0 aliphatic rings. The molecule has 3 aromatic rings. The van der Waals surface area contributed by atoms with Crippen molar-refractivity contribution in [2.24, 2.45) is 0 Å². The summed E-state index contributed by atoms with van der Waals surface area (Å²) in [4.78, 5) is 14.6. The molecule has 0 saturated carbocycles. The van der Waals surface area contributed by atoms with Gasteiger partial charge in [-0.2, -0.15) is 5.10 Å². The molecule has 1 aromatic heterocycles. The number of amides is 1. The molecule has 26 heavy (non-hydrogen) atoms. The molecule has 0 bridgehead atoms. The molecule has 0 spiro atoms. The van der Waals surface area contributed by atoms with Crippen molar-refractivity contribution in [3.8, 4) is 0 Å². The van der Waals surface area contributed by atoms with Gasteiger partial charge in [0.05, 0.1) is 24.9 Å². The van der Waals surface area contributed by atoms with Gasteiger partial charge in [0.2, 0.25) is 0 Å². The smallest absolute Gasteiger partial charge is 0.257 e. The Labute approximate surface area is 153 Å². The summed E-state index contributed by atoms with van der Waals surface area (Å²) in [5.41, 5.74) is 3.57. The Kier molecular flexibility index (Phi) is 5.81. The molecule has 134 valence electrons. The Hall–Kier alpha value is -2.92. The maximum absolute atomic E-state index is 13.0. The fourth-order valence-corrected chi connectivity index (χ4v) is 2.92. The fraction of sp³-hybridized carbons (Fsp3) is 0.238. The lowest BCUT2D eigenvalue weighted by molar-refractivity contribution is 0.0707. The van der Waals surface area contributed by atoms with Crippen molar-refractivity contribution < 1.29 is 9.90 Å². The van der Waals surface area contributed by atoms with Crippen molar-refractivity contribution in [3.63, 3.8) is 0 Å². The van der Waals surface area contributed by atoms with Gasteiger partial charge >= 0.3 is 0 Å². The third kappa shape index (κ3) is 4.18. The molecule has 0 saturated heterocycles. The average molecular weight is 349 g/mol. The van der Waals surface area contributed by atoms with E-state index in [4.69, 9.17) is 0 Å². The van der Waals surface area contributed by atoms with Crippen molar-refractivity contribution in [2.45, 2.75) is 20.0 Å². The largest absolute Gasteiger partial charge is 0.395 e. The first-order valence-electron chi connectivity index (χ1n) is 8.69. The van der Waals surface area contributed by atoms with Crippen LogP contribution in [0.15, 0.2) is 66.9 Å². The summed E-state index contributed by atoms with van der Waals surface area (Å²) in [7, 11) is 0. The van der Waals surface area contributed by atoms with Crippen molar-refractivity contribution >= 4 is 5.91 Å². The molecule has 0 atom stereocenters. The van der Waals surface area contributed by atoms with E-state index < -0.39 is 0 Å². The number of carbonyl (C=O) groups is 1. The predicted octanol–water partition coefficient (Wildman–Crippen LogP) is 2.87. The number of carbonyl (C=O) groups excluding carboxylic acids is 1. The minimum absolute atomic E-state index is 0.0736. The molecule has 1 N–H and O–H groups in total. The summed E-state index contributed by atoms with van der Waals surface area (Å²) in [6.45, 7) is 3.21. The highest BCUT2D eigenvalue weighted by atomic mass is 16.3. The summed E-state index contributed by atoms with van der Waals surface area (Å²) in [5, 5.41) is 13.8. The molecule has 5 nitrogen and oxygen atoms in total. The van der Waals surface area contributed by atoms with Gasteiger partial charge in [0.1, 0.15) is 0 Å². The van der Waals surface area contributed by atoms with Crippen LogP contribution in [0.5, 0.6) is 0 Å². The summed E-state index contributed by atoms with van der Waals surface area (Å²) in [5.74, 6) is -0.111. The van der Waals surface area contributed by atoms with E-state index in [1.807, 2.05) is 72.3 Å². The SMILES string of the molecule is Cc1c(C(=O)N(CCO)Cc2ccccc2)cnn1Cc1ccccc1. The highest BCUT2D eigenvalue weighted by molar-refractivity contribution is 5.95. The summed E-state index contributed by atoms with van der Waals surface area (Å²) in [6, 6.07) is 19.8. The zero-order valence-corrected chi connectivity index (χ0v) is 14.9. The quantitative estimate of drug-likeness (QED) is 0.713. The first-order chi connectivity index (χ1) is 12.7. The normalized spacial score (nSPS) is 10.7. The fourth-order valence-electron chi connectivity index (χ4n) is 2.92. The second-order valence-electron chi connectivity index (χ2n) is 6.22.